The summed E-state index contributed by atoms with van der Waals surface area (Å²) in [6, 6.07) is 20.5. The number of rotatable bonds is 6. The number of amides is 2. The average Bonchev–Trinajstić information content (AvgIpc) is 2.82. The Kier molecular flexibility index (Phi) is 7.77. The van der Waals surface area contributed by atoms with Crippen LogP contribution in [0.15, 0.2) is 77.7 Å². The van der Waals surface area contributed by atoms with E-state index in [9.17, 15) is 18.0 Å². The summed E-state index contributed by atoms with van der Waals surface area (Å²) in [5.74, 6) is -0.893. The second-order valence-electron chi connectivity index (χ2n) is 9.51. The highest BCUT2D eigenvalue weighted by Gasteiger charge is 2.21. The van der Waals surface area contributed by atoms with Crippen LogP contribution in [0.2, 0.25) is 0 Å². The summed E-state index contributed by atoms with van der Waals surface area (Å²) in [6.07, 6.45) is 0. The summed E-state index contributed by atoms with van der Waals surface area (Å²) in [4.78, 5) is 25.0. The van der Waals surface area contributed by atoms with Crippen molar-refractivity contribution >= 4 is 21.8 Å². The Labute approximate surface area is 207 Å². The fourth-order valence-electron chi connectivity index (χ4n) is 3.37. The lowest BCUT2D eigenvalue weighted by Gasteiger charge is -2.19. The highest BCUT2D eigenvalue weighted by atomic mass is 32.2. The van der Waals surface area contributed by atoms with Crippen molar-refractivity contribution in [1.29, 1.82) is 0 Å². The van der Waals surface area contributed by atoms with Gasteiger partial charge in [-0.15, -0.1) is 0 Å². The molecule has 0 bridgehead atoms. The molecule has 0 atom stereocenters. The second kappa shape index (κ2) is 10.4. The first-order valence-corrected chi connectivity index (χ1v) is 12.6. The smallest absolute Gasteiger partial charge is 0.267 e. The zero-order valence-corrected chi connectivity index (χ0v) is 21.4. The molecule has 0 aromatic heterocycles. The van der Waals surface area contributed by atoms with E-state index in [4.69, 9.17) is 0 Å². The van der Waals surface area contributed by atoms with E-state index >= 15 is 0 Å². The molecule has 0 spiro atoms. The number of nitrogens with zero attached hydrogens (tertiary/aromatic N) is 1. The van der Waals surface area contributed by atoms with Crippen LogP contribution >= 0.6 is 0 Å². The van der Waals surface area contributed by atoms with Crippen LogP contribution in [-0.2, 0) is 22.0 Å². The predicted molar refractivity (Wildman–Crippen MR) is 136 cm³/mol. The Balaban J connectivity index is 1.57. The molecule has 0 saturated heterocycles. The van der Waals surface area contributed by atoms with E-state index in [0.717, 1.165) is 16.7 Å². The van der Waals surface area contributed by atoms with Gasteiger partial charge in [0.05, 0.1) is 4.90 Å². The number of sulfonamides is 1. The number of nitrogens with one attached hydrogen (secondary N) is 2. The Morgan fingerprint density at radius 3 is 1.69 bits per heavy atom. The van der Waals surface area contributed by atoms with Gasteiger partial charge in [-0.05, 0) is 59.9 Å². The van der Waals surface area contributed by atoms with Gasteiger partial charge in [0, 0.05) is 24.7 Å². The molecule has 0 aliphatic heterocycles. The third-order valence-corrected chi connectivity index (χ3v) is 7.47. The minimum atomic E-state index is -3.63. The van der Waals surface area contributed by atoms with Crippen LogP contribution in [0.1, 0.15) is 58.2 Å². The minimum Gasteiger partial charge on any atom is -0.267 e. The van der Waals surface area contributed by atoms with Crippen LogP contribution in [0.5, 0.6) is 0 Å². The third kappa shape index (κ3) is 6.55. The van der Waals surface area contributed by atoms with Gasteiger partial charge in [-0.3, -0.25) is 20.4 Å². The number of carbonyl (C=O) groups excluding carboxylic acids is 2. The summed E-state index contributed by atoms with van der Waals surface area (Å²) in [6.45, 7) is 8.32. The number of benzene rings is 3. The zero-order chi connectivity index (χ0) is 25.8. The molecule has 8 heteroatoms. The molecule has 2 amide bonds. The van der Waals surface area contributed by atoms with E-state index in [2.05, 4.69) is 31.6 Å². The molecular formula is C27H31N3O4S. The summed E-state index contributed by atoms with van der Waals surface area (Å²) in [7, 11) is -2.12. The van der Waals surface area contributed by atoms with Crippen molar-refractivity contribution in [3.05, 3.63) is 101 Å². The topological polar surface area (TPSA) is 95.6 Å². The molecule has 184 valence electrons. The normalized spacial score (nSPS) is 11.8. The van der Waals surface area contributed by atoms with Crippen molar-refractivity contribution in [2.45, 2.75) is 44.6 Å². The maximum Gasteiger partial charge on any atom is 0.269 e. The largest absolute Gasteiger partial charge is 0.269 e. The zero-order valence-electron chi connectivity index (χ0n) is 20.6. The molecule has 0 fully saturated rings. The standard InChI is InChI=1S/C27H31N3O4S/c1-19-6-16-24(17-7-19)35(33,34)30(5)18-20-8-10-21(11-9-20)25(31)28-29-26(32)22-12-14-23(15-13-22)27(2,3)4/h6-17H,18H2,1-5H3,(H,28,31)(H,29,32). The van der Waals surface area contributed by atoms with Crippen LogP contribution in [0, 0.1) is 6.92 Å². The predicted octanol–water partition coefficient (Wildman–Crippen LogP) is 4.19. The van der Waals surface area contributed by atoms with E-state index in [1.165, 1.54) is 11.4 Å². The van der Waals surface area contributed by atoms with E-state index in [1.54, 1.807) is 60.7 Å². The average molecular weight is 494 g/mol. The van der Waals surface area contributed by atoms with Gasteiger partial charge in [-0.2, -0.15) is 4.31 Å². The van der Waals surface area contributed by atoms with E-state index in [0.29, 0.717) is 11.1 Å². The maximum absolute atomic E-state index is 12.8. The van der Waals surface area contributed by atoms with Crippen molar-refractivity contribution in [2.75, 3.05) is 7.05 Å². The van der Waals surface area contributed by atoms with Crippen molar-refractivity contribution < 1.29 is 18.0 Å². The van der Waals surface area contributed by atoms with Gasteiger partial charge < -0.3 is 0 Å². The molecule has 3 aromatic rings. The lowest BCUT2D eigenvalue weighted by molar-refractivity contribution is 0.0846. The molecule has 0 aliphatic rings. The summed E-state index contributed by atoms with van der Waals surface area (Å²) in [5, 5.41) is 0. The van der Waals surface area contributed by atoms with Gasteiger partial charge >= 0.3 is 0 Å². The Bertz CT molecular complexity index is 1290. The molecule has 0 radical (unpaired) electrons. The Morgan fingerprint density at radius 1 is 0.771 bits per heavy atom. The van der Waals surface area contributed by atoms with Crippen molar-refractivity contribution in [1.82, 2.24) is 15.2 Å². The molecule has 7 nitrogen and oxygen atoms in total. The van der Waals surface area contributed by atoms with Gasteiger partial charge in [0.25, 0.3) is 11.8 Å². The van der Waals surface area contributed by atoms with E-state index in [-0.39, 0.29) is 16.9 Å². The molecule has 3 rings (SSSR count). The number of carbonyl (C=O) groups is 2. The highest BCUT2D eigenvalue weighted by molar-refractivity contribution is 7.89. The first-order valence-electron chi connectivity index (χ1n) is 11.2. The summed E-state index contributed by atoms with van der Waals surface area (Å²) < 4.78 is 26.8. The lowest BCUT2D eigenvalue weighted by Crippen LogP contribution is -2.41. The molecule has 2 N–H and O–H groups in total. The molecule has 0 saturated carbocycles. The minimum absolute atomic E-state index is 0.0188. The summed E-state index contributed by atoms with van der Waals surface area (Å²) >= 11 is 0. The second-order valence-corrected chi connectivity index (χ2v) is 11.6. The van der Waals surface area contributed by atoms with Gasteiger partial charge in [0.2, 0.25) is 10.0 Å². The van der Waals surface area contributed by atoms with E-state index < -0.39 is 21.8 Å². The van der Waals surface area contributed by atoms with Crippen LogP contribution < -0.4 is 10.9 Å². The van der Waals surface area contributed by atoms with Crippen LogP contribution in [-0.4, -0.2) is 31.6 Å². The maximum atomic E-state index is 12.8. The SMILES string of the molecule is Cc1ccc(S(=O)(=O)N(C)Cc2ccc(C(=O)NNC(=O)c3ccc(C(C)(C)C)cc3)cc2)cc1. The summed E-state index contributed by atoms with van der Waals surface area (Å²) in [5.41, 5.74) is 8.39. The van der Waals surface area contributed by atoms with Gasteiger partial charge in [-0.25, -0.2) is 8.42 Å². The highest BCUT2D eigenvalue weighted by Crippen LogP contribution is 2.22. The molecular weight excluding hydrogens is 462 g/mol. The first-order chi connectivity index (χ1) is 16.4. The molecule has 0 aliphatic carbocycles. The van der Waals surface area contributed by atoms with Gasteiger partial charge in [-0.1, -0.05) is 62.7 Å². The third-order valence-electron chi connectivity index (χ3n) is 5.65. The van der Waals surface area contributed by atoms with Crippen molar-refractivity contribution in [3.63, 3.8) is 0 Å². The van der Waals surface area contributed by atoms with Crippen molar-refractivity contribution in [2.24, 2.45) is 0 Å². The monoisotopic (exact) mass is 493 g/mol. The lowest BCUT2D eigenvalue weighted by atomic mass is 9.87. The van der Waals surface area contributed by atoms with Gasteiger partial charge in [0.1, 0.15) is 0 Å². The molecule has 0 heterocycles. The van der Waals surface area contributed by atoms with Crippen LogP contribution in [0.25, 0.3) is 0 Å². The number of hydrazine groups is 1. The number of hydrogen-bond acceptors (Lipinski definition) is 4. The van der Waals surface area contributed by atoms with Crippen LogP contribution in [0.3, 0.4) is 0 Å². The fraction of sp³-hybridized carbons (Fsp3) is 0.259. The quantitative estimate of drug-likeness (QED) is 0.504. The Morgan fingerprint density at radius 2 is 1.23 bits per heavy atom. The number of aryl methyl sites for hydroxylation is 1. The molecule has 3 aromatic carbocycles. The van der Waals surface area contributed by atoms with Gasteiger partial charge in [0.15, 0.2) is 0 Å². The fourth-order valence-corrected chi connectivity index (χ4v) is 4.53. The molecule has 0 unspecified atom stereocenters. The number of hydrogen-bond donors (Lipinski definition) is 2. The van der Waals surface area contributed by atoms with E-state index in [1.807, 2.05) is 19.1 Å². The first kappa shape index (κ1) is 26.1. The molecule has 35 heavy (non-hydrogen) atoms. The van der Waals surface area contributed by atoms with Crippen LogP contribution in [0.4, 0.5) is 0 Å². The Hall–Kier alpha value is -3.49. The van der Waals surface area contributed by atoms with Crippen molar-refractivity contribution in [3.8, 4) is 0 Å².